The molecule has 0 saturated carbocycles. The van der Waals surface area contributed by atoms with Gasteiger partial charge in [-0.15, -0.1) is 11.3 Å². The van der Waals surface area contributed by atoms with Gasteiger partial charge in [0.1, 0.15) is 34.0 Å². The molecule has 5 nitrogen and oxygen atoms in total. The molecule has 3 aromatic rings. The van der Waals surface area contributed by atoms with E-state index in [9.17, 15) is 19.1 Å². The molecule has 0 aliphatic heterocycles. The van der Waals surface area contributed by atoms with Crippen LogP contribution in [0.5, 0.6) is 5.88 Å². The lowest BCUT2D eigenvalue weighted by atomic mass is 10.1. The molecule has 0 fully saturated rings. The molecule has 0 spiro atoms. The minimum Gasteiger partial charge on any atom is -0.506 e. The highest BCUT2D eigenvalue weighted by Gasteiger charge is 2.20. The van der Waals surface area contributed by atoms with Crippen molar-refractivity contribution in [3.05, 3.63) is 64.1 Å². The molecular formula is C18H11F2N3O2S. The molecule has 0 atom stereocenters. The molecule has 2 aromatic heterocycles. The predicted molar refractivity (Wildman–Crippen MR) is 93.3 cm³/mol. The van der Waals surface area contributed by atoms with Gasteiger partial charge in [0.2, 0.25) is 5.88 Å². The third-order valence-corrected chi connectivity index (χ3v) is 4.36. The molecule has 0 saturated heterocycles. The molecule has 0 bridgehead atoms. The molecular weight excluding hydrogens is 360 g/mol. The molecule has 0 aliphatic rings. The third-order valence-electron chi connectivity index (χ3n) is 3.51. The van der Waals surface area contributed by atoms with E-state index < -0.39 is 11.6 Å². The second kappa shape index (κ2) is 7.29. The maximum atomic E-state index is 13.9. The second-order valence-electron chi connectivity index (χ2n) is 5.03. The van der Waals surface area contributed by atoms with Gasteiger partial charge in [-0.3, -0.25) is 0 Å². The summed E-state index contributed by atoms with van der Waals surface area (Å²) in [5, 5.41) is 21.5. The number of rotatable bonds is 4. The fraction of sp³-hybridized carbons (Fsp3) is 0.0556. The van der Waals surface area contributed by atoms with Crippen molar-refractivity contribution < 1.29 is 18.6 Å². The van der Waals surface area contributed by atoms with Crippen molar-refractivity contribution in [2.45, 2.75) is 0 Å². The van der Waals surface area contributed by atoms with E-state index in [0.29, 0.717) is 0 Å². The zero-order chi connectivity index (χ0) is 18.7. The summed E-state index contributed by atoms with van der Waals surface area (Å²) < 4.78 is 32.9. The Labute approximate surface area is 151 Å². The number of hydrogen-bond donors (Lipinski definition) is 1. The number of methoxy groups -OCH3 is 1. The van der Waals surface area contributed by atoms with Crippen LogP contribution in [0.3, 0.4) is 0 Å². The summed E-state index contributed by atoms with van der Waals surface area (Å²) >= 11 is 0.985. The van der Waals surface area contributed by atoms with Gasteiger partial charge in [-0.25, -0.2) is 18.7 Å². The summed E-state index contributed by atoms with van der Waals surface area (Å²) in [7, 11) is 1.38. The van der Waals surface area contributed by atoms with Crippen LogP contribution in [0.15, 0.2) is 41.9 Å². The van der Waals surface area contributed by atoms with Crippen LogP contribution in [0.4, 0.5) is 8.78 Å². The minimum absolute atomic E-state index is 0.0410. The van der Waals surface area contributed by atoms with E-state index in [0.717, 1.165) is 23.5 Å². The van der Waals surface area contributed by atoms with Crippen LogP contribution < -0.4 is 4.74 Å². The first kappa shape index (κ1) is 17.5. The number of nitriles is 1. The van der Waals surface area contributed by atoms with Crippen molar-refractivity contribution in [1.82, 2.24) is 9.97 Å². The van der Waals surface area contributed by atoms with Gasteiger partial charge in [0.25, 0.3) is 0 Å². The number of benzene rings is 1. The van der Waals surface area contributed by atoms with E-state index in [-0.39, 0.29) is 39.0 Å². The number of ether oxygens (including phenoxy) is 1. The number of hydrogen-bond acceptors (Lipinski definition) is 6. The molecule has 2 heterocycles. The zero-order valence-corrected chi connectivity index (χ0v) is 14.2. The average molecular weight is 371 g/mol. The summed E-state index contributed by atoms with van der Waals surface area (Å²) in [6.45, 7) is 0. The molecule has 130 valence electrons. The van der Waals surface area contributed by atoms with Crippen molar-refractivity contribution in [1.29, 1.82) is 5.26 Å². The lowest BCUT2D eigenvalue weighted by Crippen LogP contribution is -1.96. The van der Waals surface area contributed by atoms with E-state index in [1.807, 2.05) is 6.07 Å². The summed E-state index contributed by atoms with van der Waals surface area (Å²) in [5.74, 6) is -1.77. The molecule has 3 rings (SSSR count). The van der Waals surface area contributed by atoms with E-state index in [2.05, 4.69) is 9.97 Å². The zero-order valence-electron chi connectivity index (χ0n) is 13.4. The van der Waals surface area contributed by atoms with E-state index in [4.69, 9.17) is 4.74 Å². The van der Waals surface area contributed by atoms with Crippen molar-refractivity contribution in [3.8, 4) is 23.2 Å². The van der Waals surface area contributed by atoms with Crippen LogP contribution in [0.1, 0.15) is 10.6 Å². The van der Waals surface area contributed by atoms with Crippen LogP contribution >= 0.6 is 11.3 Å². The molecule has 0 aliphatic carbocycles. The monoisotopic (exact) mass is 371 g/mol. The normalized spacial score (nSPS) is 11.6. The second-order valence-corrected chi connectivity index (χ2v) is 5.89. The molecule has 1 N–H and O–H groups in total. The van der Waals surface area contributed by atoms with Crippen LogP contribution in [-0.2, 0) is 0 Å². The number of halogens is 2. The van der Waals surface area contributed by atoms with Crippen molar-refractivity contribution in [2.75, 3.05) is 7.11 Å². The lowest BCUT2D eigenvalue weighted by Gasteiger charge is -2.07. The first-order chi connectivity index (χ1) is 12.6. The van der Waals surface area contributed by atoms with Gasteiger partial charge in [0.15, 0.2) is 0 Å². The largest absolute Gasteiger partial charge is 0.506 e. The van der Waals surface area contributed by atoms with Gasteiger partial charge in [0.05, 0.1) is 23.9 Å². The van der Waals surface area contributed by atoms with Gasteiger partial charge in [0, 0.05) is 11.6 Å². The fourth-order valence-electron chi connectivity index (χ4n) is 2.32. The summed E-state index contributed by atoms with van der Waals surface area (Å²) in [6, 6.07) is 8.47. The predicted octanol–water partition coefficient (Wildman–Crippen LogP) is 4.44. The lowest BCUT2D eigenvalue weighted by molar-refractivity contribution is 0.392. The van der Waals surface area contributed by atoms with Gasteiger partial charge in [-0.2, -0.15) is 5.26 Å². The Morgan fingerprint density at radius 2 is 1.96 bits per heavy atom. The first-order valence-corrected chi connectivity index (χ1v) is 8.17. The number of aromatic nitrogens is 2. The number of allylic oxidation sites excluding steroid dienone is 1. The Morgan fingerprint density at radius 1 is 1.23 bits per heavy atom. The van der Waals surface area contributed by atoms with Crippen LogP contribution in [-0.4, -0.2) is 22.2 Å². The number of thiazole rings is 1. The Bertz CT molecular complexity index is 1020. The first-order valence-electron chi connectivity index (χ1n) is 7.29. The average Bonchev–Trinajstić information content (AvgIpc) is 3.11. The molecule has 0 radical (unpaired) electrons. The topological polar surface area (TPSA) is 79.0 Å². The van der Waals surface area contributed by atoms with Gasteiger partial charge >= 0.3 is 0 Å². The van der Waals surface area contributed by atoms with Crippen LogP contribution in [0.2, 0.25) is 0 Å². The standard InChI is InChI=1S/C18H11F2N3O2S/c1-25-17-10(4-3-7-22-17)16(24)11(8-21)18-23-14(9-26-18)15-12(19)5-2-6-13(15)20/h2-7,9,24H,1H3. The van der Waals surface area contributed by atoms with Crippen LogP contribution in [0.25, 0.3) is 22.6 Å². The smallest absolute Gasteiger partial charge is 0.224 e. The molecule has 1 aromatic carbocycles. The maximum Gasteiger partial charge on any atom is 0.224 e. The number of nitrogens with zero attached hydrogens (tertiary/aromatic N) is 3. The Kier molecular flexibility index (Phi) is 4.91. The fourth-order valence-corrected chi connectivity index (χ4v) is 3.12. The van der Waals surface area contributed by atoms with Crippen LogP contribution in [0, 0.1) is 23.0 Å². The number of aliphatic hydroxyl groups is 1. The highest BCUT2D eigenvalue weighted by Crippen LogP contribution is 2.33. The molecule has 8 heteroatoms. The van der Waals surface area contributed by atoms with Gasteiger partial charge in [-0.1, -0.05) is 6.07 Å². The van der Waals surface area contributed by atoms with Crippen molar-refractivity contribution in [3.63, 3.8) is 0 Å². The Morgan fingerprint density at radius 3 is 2.62 bits per heavy atom. The highest BCUT2D eigenvalue weighted by atomic mass is 32.1. The summed E-state index contributed by atoms with van der Waals surface area (Å²) in [4.78, 5) is 8.07. The van der Waals surface area contributed by atoms with Crippen molar-refractivity contribution in [2.24, 2.45) is 0 Å². The Balaban J connectivity index is 2.11. The number of aliphatic hydroxyl groups excluding tert-OH is 1. The maximum absolute atomic E-state index is 13.9. The summed E-state index contributed by atoms with van der Waals surface area (Å²) in [6.07, 6.45) is 1.48. The SMILES string of the molecule is COc1ncccc1C(O)=C(C#N)c1nc(-c2c(F)cccc2F)cs1. The quantitative estimate of drug-likeness (QED) is 0.542. The van der Waals surface area contributed by atoms with E-state index in [1.165, 1.54) is 30.8 Å². The molecule has 0 unspecified atom stereocenters. The van der Waals surface area contributed by atoms with E-state index >= 15 is 0 Å². The number of pyridine rings is 1. The highest BCUT2D eigenvalue weighted by molar-refractivity contribution is 7.11. The van der Waals surface area contributed by atoms with Gasteiger partial charge < -0.3 is 9.84 Å². The molecule has 26 heavy (non-hydrogen) atoms. The van der Waals surface area contributed by atoms with E-state index in [1.54, 1.807) is 6.07 Å². The third kappa shape index (κ3) is 3.12. The molecule has 0 amide bonds. The summed E-state index contributed by atoms with van der Waals surface area (Å²) in [5.41, 5.74) is -0.185. The van der Waals surface area contributed by atoms with Crippen molar-refractivity contribution >= 4 is 22.7 Å². The minimum atomic E-state index is -0.762. The Hall–Kier alpha value is -3.31. The van der Waals surface area contributed by atoms with Gasteiger partial charge in [-0.05, 0) is 24.3 Å².